The molecule has 0 saturated heterocycles. The summed E-state index contributed by atoms with van der Waals surface area (Å²) in [5.74, 6) is 0. The van der Waals surface area contributed by atoms with Gasteiger partial charge < -0.3 is 9.80 Å². The number of nitrogens with zero attached hydrogens (tertiary/aromatic N) is 2. The van der Waals surface area contributed by atoms with Crippen LogP contribution in [0.25, 0.3) is 0 Å². The minimum atomic E-state index is 0.345. The Labute approximate surface area is 85.4 Å². The van der Waals surface area contributed by atoms with Crippen molar-refractivity contribution in [3.8, 4) is 0 Å². The average molecular weight is 186 g/mol. The number of rotatable bonds is 2. The molecular formula is C12H14N2. The van der Waals surface area contributed by atoms with Crippen molar-refractivity contribution in [2.24, 2.45) is 0 Å². The van der Waals surface area contributed by atoms with E-state index in [-0.39, 0.29) is 0 Å². The topological polar surface area (TPSA) is 6.48 Å². The summed E-state index contributed by atoms with van der Waals surface area (Å²) in [6.07, 6.45) is 4.04. The van der Waals surface area contributed by atoms with Crippen molar-refractivity contribution >= 4 is 0 Å². The molecule has 0 spiro atoms. The molecule has 0 saturated carbocycles. The SMILES string of the molecule is CC(c1ccccc1)N1[C]N(C)C=C1. The van der Waals surface area contributed by atoms with Crippen LogP contribution in [0.4, 0.5) is 0 Å². The molecule has 0 bridgehead atoms. The molecule has 72 valence electrons. The van der Waals surface area contributed by atoms with Gasteiger partial charge in [0.05, 0.1) is 6.04 Å². The molecule has 0 aromatic heterocycles. The van der Waals surface area contributed by atoms with Gasteiger partial charge in [-0.05, 0) is 12.5 Å². The zero-order chi connectivity index (χ0) is 9.97. The molecule has 2 heteroatoms. The van der Waals surface area contributed by atoms with Crippen LogP contribution in [0, 0.1) is 6.67 Å². The third kappa shape index (κ3) is 1.74. The minimum Gasteiger partial charge on any atom is -0.349 e. The summed E-state index contributed by atoms with van der Waals surface area (Å²) in [7, 11) is 1.98. The summed E-state index contributed by atoms with van der Waals surface area (Å²) in [6, 6.07) is 10.8. The lowest BCUT2D eigenvalue weighted by molar-refractivity contribution is 0.315. The molecule has 14 heavy (non-hydrogen) atoms. The molecule has 1 heterocycles. The first kappa shape index (κ1) is 9.13. The maximum atomic E-state index is 3.21. The second-order valence-electron chi connectivity index (χ2n) is 3.50. The van der Waals surface area contributed by atoms with E-state index >= 15 is 0 Å². The van der Waals surface area contributed by atoms with Crippen LogP contribution < -0.4 is 0 Å². The molecule has 1 aliphatic rings. The third-order valence-electron chi connectivity index (χ3n) is 2.42. The fourth-order valence-electron chi connectivity index (χ4n) is 1.53. The molecule has 1 aromatic carbocycles. The molecule has 0 fully saturated rings. The second kappa shape index (κ2) is 3.74. The maximum absolute atomic E-state index is 3.21. The Morgan fingerprint density at radius 1 is 1.14 bits per heavy atom. The van der Waals surface area contributed by atoms with Gasteiger partial charge in [-0.15, -0.1) is 0 Å². The first-order valence-corrected chi connectivity index (χ1v) is 4.78. The lowest BCUT2D eigenvalue weighted by Crippen LogP contribution is -2.19. The molecular weight excluding hydrogens is 172 g/mol. The highest BCUT2D eigenvalue weighted by Crippen LogP contribution is 2.24. The Bertz CT molecular complexity index is 318. The quantitative estimate of drug-likeness (QED) is 0.700. The molecule has 1 atom stereocenters. The Morgan fingerprint density at radius 2 is 1.86 bits per heavy atom. The molecule has 1 unspecified atom stereocenters. The van der Waals surface area contributed by atoms with Crippen molar-refractivity contribution < 1.29 is 0 Å². The number of hydrogen-bond acceptors (Lipinski definition) is 2. The highest BCUT2D eigenvalue weighted by atomic mass is 15.3. The molecule has 1 aromatic rings. The van der Waals surface area contributed by atoms with Gasteiger partial charge in [-0.25, -0.2) is 0 Å². The highest BCUT2D eigenvalue weighted by Gasteiger charge is 2.18. The smallest absolute Gasteiger partial charge is 0.208 e. The van der Waals surface area contributed by atoms with Gasteiger partial charge in [0, 0.05) is 19.4 Å². The van der Waals surface area contributed by atoms with Crippen LogP contribution >= 0.6 is 0 Å². The molecule has 2 rings (SSSR count). The molecule has 0 amide bonds. The average Bonchev–Trinajstić information content (AvgIpc) is 2.65. The normalized spacial score (nSPS) is 17.6. The zero-order valence-corrected chi connectivity index (χ0v) is 8.51. The number of hydrogen-bond donors (Lipinski definition) is 0. The first-order valence-electron chi connectivity index (χ1n) is 4.78. The summed E-state index contributed by atoms with van der Waals surface area (Å²) in [6.45, 7) is 5.38. The Morgan fingerprint density at radius 3 is 2.43 bits per heavy atom. The predicted molar refractivity (Wildman–Crippen MR) is 56.8 cm³/mol. The molecule has 2 nitrogen and oxygen atoms in total. The van der Waals surface area contributed by atoms with E-state index in [0.29, 0.717) is 6.04 Å². The van der Waals surface area contributed by atoms with Crippen molar-refractivity contribution in [3.63, 3.8) is 0 Å². The van der Waals surface area contributed by atoms with Gasteiger partial charge >= 0.3 is 0 Å². The van der Waals surface area contributed by atoms with Crippen LogP contribution in [0.3, 0.4) is 0 Å². The fraction of sp³-hybridized carbons (Fsp3) is 0.250. The van der Waals surface area contributed by atoms with Crippen molar-refractivity contribution in [2.75, 3.05) is 7.05 Å². The van der Waals surface area contributed by atoms with E-state index in [2.05, 4.69) is 42.8 Å². The summed E-state index contributed by atoms with van der Waals surface area (Å²) >= 11 is 0. The van der Waals surface area contributed by atoms with Crippen LogP contribution in [0.5, 0.6) is 0 Å². The van der Waals surface area contributed by atoms with Gasteiger partial charge in [0.2, 0.25) is 6.67 Å². The molecule has 1 aliphatic heterocycles. The second-order valence-corrected chi connectivity index (χ2v) is 3.50. The Hall–Kier alpha value is -1.44. The van der Waals surface area contributed by atoms with Crippen LogP contribution in [0.15, 0.2) is 42.7 Å². The zero-order valence-electron chi connectivity index (χ0n) is 8.51. The van der Waals surface area contributed by atoms with Crippen LogP contribution in [0.1, 0.15) is 18.5 Å². The van der Waals surface area contributed by atoms with E-state index in [1.165, 1.54) is 5.56 Å². The van der Waals surface area contributed by atoms with Crippen molar-refractivity contribution in [1.29, 1.82) is 0 Å². The lowest BCUT2D eigenvalue weighted by Gasteiger charge is -2.23. The molecule has 2 radical (unpaired) electrons. The lowest BCUT2D eigenvalue weighted by atomic mass is 10.1. The standard InChI is InChI=1S/C12H14N2/c1-11(12-6-4-3-5-7-12)14-9-8-13(2)10-14/h3-9,11H,1-2H3. The largest absolute Gasteiger partial charge is 0.349 e. The first-order chi connectivity index (χ1) is 6.77. The van der Waals surface area contributed by atoms with Gasteiger partial charge in [0.25, 0.3) is 0 Å². The third-order valence-corrected chi connectivity index (χ3v) is 2.42. The fourth-order valence-corrected chi connectivity index (χ4v) is 1.53. The summed E-state index contributed by atoms with van der Waals surface area (Å²) in [4.78, 5) is 4.01. The summed E-state index contributed by atoms with van der Waals surface area (Å²) in [5.41, 5.74) is 1.31. The van der Waals surface area contributed by atoms with Crippen LogP contribution in [-0.4, -0.2) is 16.8 Å². The maximum Gasteiger partial charge on any atom is 0.208 e. The van der Waals surface area contributed by atoms with E-state index < -0.39 is 0 Å². The highest BCUT2D eigenvalue weighted by molar-refractivity contribution is 5.20. The Balaban J connectivity index is 2.10. The van der Waals surface area contributed by atoms with Crippen molar-refractivity contribution in [2.45, 2.75) is 13.0 Å². The van der Waals surface area contributed by atoms with E-state index in [4.69, 9.17) is 0 Å². The van der Waals surface area contributed by atoms with E-state index in [1.807, 2.05) is 30.4 Å². The van der Waals surface area contributed by atoms with Gasteiger partial charge in [-0.2, -0.15) is 0 Å². The summed E-state index contributed by atoms with van der Waals surface area (Å²) < 4.78 is 0. The van der Waals surface area contributed by atoms with Crippen molar-refractivity contribution in [1.82, 2.24) is 9.80 Å². The van der Waals surface area contributed by atoms with E-state index in [0.717, 1.165) is 0 Å². The van der Waals surface area contributed by atoms with E-state index in [1.54, 1.807) is 0 Å². The van der Waals surface area contributed by atoms with Gasteiger partial charge in [0.1, 0.15) is 0 Å². The molecule has 0 aliphatic carbocycles. The predicted octanol–water partition coefficient (Wildman–Crippen LogP) is 2.46. The molecule has 0 N–H and O–H groups in total. The van der Waals surface area contributed by atoms with Gasteiger partial charge in [0.15, 0.2) is 0 Å². The van der Waals surface area contributed by atoms with Gasteiger partial charge in [-0.1, -0.05) is 30.3 Å². The minimum absolute atomic E-state index is 0.345. The van der Waals surface area contributed by atoms with Crippen LogP contribution in [-0.2, 0) is 0 Å². The monoisotopic (exact) mass is 186 g/mol. The van der Waals surface area contributed by atoms with Gasteiger partial charge in [-0.3, -0.25) is 0 Å². The van der Waals surface area contributed by atoms with Crippen LogP contribution in [0.2, 0.25) is 0 Å². The Kier molecular flexibility index (Phi) is 2.44. The van der Waals surface area contributed by atoms with Crippen molar-refractivity contribution in [3.05, 3.63) is 55.0 Å². The summed E-state index contributed by atoms with van der Waals surface area (Å²) in [5, 5.41) is 0. The number of benzene rings is 1. The van der Waals surface area contributed by atoms with E-state index in [9.17, 15) is 0 Å².